The van der Waals surface area contributed by atoms with Crippen LogP contribution in [0.25, 0.3) is 0 Å². The lowest BCUT2D eigenvalue weighted by Gasteiger charge is -2.36. The molecular formula is C21H43ClN2O. The Kier molecular flexibility index (Phi) is 17.0. The van der Waals surface area contributed by atoms with Crippen LogP contribution in [-0.2, 0) is 4.79 Å². The van der Waals surface area contributed by atoms with Crippen LogP contribution in [-0.4, -0.2) is 37.1 Å². The normalized spacial score (nSPS) is 12.5. The maximum atomic E-state index is 12.5. The number of carbonyl (C=O) groups is 1. The topological polar surface area (TPSA) is 43.1 Å². The van der Waals surface area contributed by atoms with Crippen LogP contribution in [0.4, 0.5) is 0 Å². The van der Waals surface area contributed by atoms with Crippen molar-refractivity contribution >= 4 is 5.91 Å². The molecule has 0 saturated heterocycles. The first-order valence-corrected chi connectivity index (χ1v) is 10.1. The maximum Gasteiger partial charge on any atom is 0.340 e. The van der Waals surface area contributed by atoms with Crippen LogP contribution in [0.5, 0.6) is 0 Å². The highest BCUT2D eigenvalue weighted by Crippen LogP contribution is 2.22. The van der Waals surface area contributed by atoms with Gasteiger partial charge in [-0.15, -0.1) is 0 Å². The number of amides is 1. The minimum atomic E-state index is 0. The Hall–Kier alpha value is -0.380. The number of halogens is 1. The van der Waals surface area contributed by atoms with E-state index in [0.717, 1.165) is 19.3 Å². The molecule has 0 fully saturated rings. The second-order valence-electron chi connectivity index (χ2n) is 7.83. The highest BCUT2D eigenvalue weighted by Gasteiger charge is 2.35. The van der Waals surface area contributed by atoms with Gasteiger partial charge in [-0.1, -0.05) is 64.9 Å². The van der Waals surface area contributed by atoms with Crippen molar-refractivity contribution in [3.8, 4) is 0 Å². The fourth-order valence-corrected chi connectivity index (χ4v) is 3.49. The summed E-state index contributed by atoms with van der Waals surface area (Å²) in [5, 5.41) is 0. The molecule has 150 valence electrons. The molecule has 1 unspecified atom stereocenters. The molecule has 0 saturated carbocycles. The summed E-state index contributed by atoms with van der Waals surface area (Å²) in [6.45, 7) is 8.63. The molecule has 0 spiro atoms. The third-order valence-corrected chi connectivity index (χ3v) is 5.18. The van der Waals surface area contributed by atoms with Crippen LogP contribution in [0.2, 0.25) is 0 Å². The van der Waals surface area contributed by atoms with Gasteiger partial charge in [0.05, 0.1) is 20.1 Å². The zero-order valence-corrected chi connectivity index (χ0v) is 18.0. The Bertz CT molecular complexity index is 356. The Morgan fingerprint density at radius 3 is 1.80 bits per heavy atom. The number of quaternary nitrogens is 1. The van der Waals surface area contributed by atoms with Crippen molar-refractivity contribution in [3.05, 3.63) is 12.2 Å². The quantitative estimate of drug-likeness (QED) is 0.271. The van der Waals surface area contributed by atoms with Crippen molar-refractivity contribution in [2.24, 2.45) is 5.73 Å². The van der Waals surface area contributed by atoms with Gasteiger partial charge < -0.3 is 18.1 Å². The molecule has 0 rings (SSSR count). The second kappa shape index (κ2) is 15.8. The van der Waals surface area contributed by atoms with Gasteiger partial charge in [0, 0.05) is 12.0 Å². The third-order valence-electron chi connectivity index (χ3n) is 5.18. The fourth-order valence-electron chi connectivity index (χ4n) is 3.49. The highest BCUT2D eigenvalue weighted by molar-refractivity contribution is 5.86. The van der Waals surface area contributed by atoms with Crippen LogP contribution in [0.15, 0.2) is 12.2 Å². The minimum Gasteiger partial charge on any atom is -1.00 e. The van der Waals surface area contributed by atoms with E-state index in [-0.39, 0.29) is 18.3 Å². The van der Waals surface area contributed by atoms with Gasteiger partial charge in [0.1, 0.15) is 0 Å². The zero-order chi connectivity index (χ0) is 18.4. The van der Waals surface area contributed by atoms with Gasteiger partial charge in [-0.05, 0) is 32.7 Å². The van der Waals surface area contributed by atoms with Gasteiger partial charge in [0.2, 0.25) is 0 Å². The molecule has 0 aromatic carbocycles. The molecule has 1 atom stereocenters. The van der Waals surface area contributed by atoms with Crippen molar-refractivity contribution in [2.75, 3.05) is 20.6 Å². The van der Waals surface area contributed by atoms with E-state index in [1.54, 1.807) is 0 Å². The average Bonchev–Trinajstić information content (AvgIpc) is 2.54. The predicted molar refractivity (Wildman–Crippen MR) is 106 cm³/mol. The average molecular weight is 375 g/mol. The van der Waals surface area contributed by atoms with E-state index >= 15 is 0 Å². The van der Waals surface area contributed by atoms with E-state index in [1.807, 2.05) is 21.0 Å². The van der Waals surface area contributed by atoms with Crippen LogP contribution in [0, 0.1) is 0 Å². The first kappa shape index (κ1) is 26.8. The van der Waals surface area contributed by atoms with Crippen molar-refractivity contribution in [3.63, 3.8) is 0 Å². The Morgan fingerprint density at radius 2 is 1.36 bits per heavy atom. The number of likely N-dealkylation sites (N-methyl/N-ethyl adjacent to an activating group) is 1. The summed E-state index contributed by atoms with van der Waals surface area (Å²) in [4.78, 5) is 12.5. The van der Waals surface area contributed by atoms with E-state index in [2.05, 4.69) is 13.5 Å². The first-order chi connectivity index (χ1) is 11.4. The number of nitrogens with two attached hydrogens (primary N) is 1. The molecule has 0 aliphatic rings. The largest absolute Gasteiger partial charge is 1.00 e. The van der Waals surface area contributed by atoms with Gasteiger partial charge in [0.15, 0.2) is 0 Å². The standard InChI is InChI=1S/C21H43N2O.ClH/c1-6-7-8-9-10-11-12-13-14-16-20(17-15-18-22)23(4,5)21(24)19(2)3;/h20H,2,6-18,22H2,1,3-5H3;1H/q+1;/p-1. The molecule has 0 aromatic heterocycles. The molecule has 25 heavy (non-hydrogen) atoms. The maximum absolute atomic E-state index is 12.5. The van der Waals surface area contributed by atoms with Gasteiger partial charge in [-0.25, -0.2) is 4.79 Å². The molecular weight excluding hydrogens is 332 g/mol. The number of carbonyl (C=O) groups excluding carboxylic acids is 1. The summed E-state index contributed by atoms with van der Waals surface area (Å²) in [7, 11) is 4.07. The molecule has 0 aliphatic heterocycles. The van der Waals surface area contributed by atoms with Crippen molar-refractivity contribution in [1.29, 1.82) is 0 Å². The van der Waals surface area contributed by atoms with Gasteiger partial charge >= 0.3 is 5.91 Å². The molecule has 0 heterocycles. The summed E-state index contributed by atoms with van der Waals surface area (Å²) in [5.74, 6) is 0.160. The summed E-state index contributed by atoms with van der Waals surface area (Å²) in [5.41, 5.74) is 6.35. The van der Waals surface area contributed by atoms with E-state index < -0.39 is 0 Å². The lowest BCUT2D eigenvalue weighted by molar-refractivity contribution is -0.839. The summed E-state index contributed by atoms with van der Waals surface area (Å²) in [6.07, 6.45) is 15.2. The predicted octanol–water partition coefficient (Wildman–Crippen LogP) is 2.20. The fraction of sp³-hybridized carbons (Fsp3) is 0.857. The first-order valence-electron chi connectivity index (χ1n) is 10.1. The van der Waals surface area contributed by atoms with E-state index in [9.17, 15) is 4.79 Å². The van der Waals surface area contributed by atoms with Gasteiger partial charge in [-0.2, -0.15) is 0 Å². The number of hydrogen-bond acceptors (Lipinski definition) is 2. The smallest absolute Gasteiger partial charge is 0.340 e. The van der Waals surface area contributed by atoms with E-state index in [1.165, 1.54) is 57.8 Å². The van der Waals surface area contributed by atoms with Crippen LogP contribution in [0.1, 0.15) is 90.9 Å². The molecule has 0 bridgehead atoms. The Labute approximate surface area is 163 Å². The molecule has 0 aliphatic carbocycles. The Balaban J connectivity index is 0. The molecule has 4 heteroatoms. The highest BCUT2D eigenvalue weighted by atomic mass is 35.5. The summed E-state index contributed by atoms with van der Waals surface area (Å²) >= 11 is 0. The summed E-state index contributed by atoms with van der Waals surface area (Å²) < 4.78 is 0.423. The molecule has 2 N–H and O–H groups in total. The van der Waals surface area contributed by atoms with Crippen LogP contribution >= 0.6 is 0 Å². The summed E-state index contributed by atoms with van der Waals surface area (Å²) in [6, 6.07) is 0.363. The van der Waals surface area contributed by atoms with E-state index in [0.29, 0.717) is 22.6 Å². The molecule has 0 radical (unpaired) electrons. The van der Waals surface area contributed by atoms with Gasteiger partial charge in [0.25, 0.3) is 0 Å². The third kappa shape index (κ3) is 11.8. The lowest BCUT2D eigenvalue weighted by Crippen LogP contribution is -3.00. The molecule has 1 amide bonds. The lowest BCUT2D eigenvalue weighted by atomic mass is 9.98. The van der Waals surface area contributed by atoms with Crippen molar-refractivity contribution in [2.45, 2.75) is 96.9 Å². The van der Waals surface area contributed by atoms with E-state index in [4.69, 9.17) is 5.73 Å². The number of hydrogen-bond donors (Lipinski definition) is 1. The van der Waals surface area contributed by atoms with Crippen LogP contribution in [0.3, 0.4) is 0 Å². The SMILES string of the molecule is C=C(C)C(=O)[N+](C)(C)C(CCCN)CCCCCCCCCCC.[Cl-]. The molecule has 0 aromatic rings. The zero-order valence-electron chi connectivity index (χ0n) is 17.3. The van der Waals surface area contributed by atoms with Crippen molar-refractivity contribution < 1.29 is 21.7 Å². The number of nitrogens with zero attached hydrogens (tertiary/aromatic N) is 1. The van der Waals surface area contributed by atoms with Crippen molar-refractivity contribution in [1.82, 2.24) is 0 Å². The Morgan fingerprint density at radius 1 is 0.920 bits per heavy atom. The minimum absolute atomic E-state index is 0. The van der Waals surface area contributed by atoms with Crippen LogP contribution < -0.4 is 18.1 Å². The van der Waals surface area contributed by atoms with Gasteiger partial charge in [-0.3, -0.25) is 4.48 Å². The monoisotopic (exact) mass is 374 g/mol. The second-order valence-corrected chi connectivity index (χ2v) is 7.83. The molecule has 3 nitrogen and oxygen atoms in total. The number of unbranched alkanes of at least 4 members (excludes halogenated alkanes) is 8. The number of rotatable bonds is 15.